The molecule has 2 heterocycles. The van der Waals surface area contributed by atoms with Crippen molar-refractivity contribution in [3.8, 4) is 0 Å². The van der Waals surface area contributed by atoms with Gasteiger partial charge in [-0.05, 0) is 38.8 Å². The number of hydrogen-bond donors (Lipinski definition) is 1. The van der Waals surface area contributed by atoms with E-state index < -0.39 is 0 Å². The van der Waals surface area contributed by atoms with Crippen molar-refractivity contribution in [2.75, 3.05) is 26.2 Å². The third-order valence-electron chi connectivity index (χ3n) is 5.56. The maximum atomic E-state index is 4.54. The zero-order valence-corrected chi connectivity index (χ0v) is 14.9. The Balaban J connectivity index is 1.46. The lowest BCUT2D eigenvalue weighted by atomic mass is 9.94. The van der Waals surface area contributed by atoms with Crippen molar-refractivity contribution in [1.82, 2.24) is 19.8 Å². The smallest absolute Gasteiger partial charge is 0.106 e. The summed E-state index contributed by atoms with van der Waals surface area (Å²) in [4.78, 5) is 13.4. The van der Waals surface area contributed by atoms with Gasteiger partial charge < -0.3 is 4.98 Å². The summed E-state index contributed by atoms with van der Waals surface area (Å²) in [6.45, 7) is 8.26. The van der Waals surface area contributed by atoms with Gasteiger partial charge in [0.15, 0.2) is 0 Å². The molecule has 1 N–H and O–H groups in total. The largest absolute Gasteiger partial charge is 0.345 e. The highest BCUT2D eigenvalue weighted by Crippen LogP contribution is 2.23. The van der Waals surface area contributed by atoms with Crippen LogP contribution in [0.3, 0.4) is 0 Å². The summed E-state index contributed by atoms with van der Waals surface area (Å²) < 4.78 is 0. The molecule has 2 fully saturated rings. The Morgan fingerprint density at radius 2 is 1.96 bits per heavy atom. The van der Waals surface area contributed by atoms with Crippen molar-refractivity contribution in [2.45, 2.75) is 77.3 Å². The van der Waals surface area contributed by atoms with Crippen LogP contribution in [0.25, 0.3) is 0 Å². The SMILES string of the molecule is CCCCc1ncc(CN2CCCN(C3CCCCC3)CC2)[nH]1. The van der Waals surface area contributed by atoms with E-state index in [-0.39, 0.29) is 0 Å². The summed E-state index contributed by atoms with van der Waals surface area (Å²) in [5, 5.41) is 0. The second-order valence-electron chi connectivity index (χ2n) is 7.42. The van der Waals surface area contributed by atoms with E-state index in [1.54, 1.807) is 0 Å². The molecule has 0 unspecified atom stereocenters. The molecule has 0 radical (unpaired) electrons. The second kappa shape index (κ2) is 8.84. The van der Waals surface area contributed by atoms with Crippen LogP contribution in [0, 0.1) is 0 Å². The fraction of sp³-hybridized carbons (Fsp3) is 0.842. The Bertz CT molecular complexity index is 450. The van der Waals surface area contributed by atoms with Crippen LogP contribution in [0.1, 0.15) is 69.8 Å². The first-order chi connectivity index (χ1) is 11.3. The lowest BCUT2D eigenvalue weighted by Crippen LogP contribution is -2.39. The Morgan fingerprint density at radius 1 is 1.09 bits per heavy atom. The lowest BCUT2D eigenvalue weighted by Gasteiger charge is -2.33. The fourth-order valence-electron chi connectivity index (χ4n) is 4.16. The number of nitrogens with one attached hydrogen (secondary N) is 1. The highest BCUT2D eigenvalue weighted by molar-refractivity contribution is 5.01. The van der Waals surface area contributed by atoms with Crippen LogP contribution in [0.5, 0.6) is 0 Å². The third kappa shape index (κ3) is 5.05. The molecule has 1 saturated carbocycles. The number of imidazole rings is 1. The molecular weight excluding hydrogens is 284 g/mol. The molecule has 4 heteroatoms. The van der Waals surface area contributed by atoms with Gasteiger partial charge in [-0.15, -0.1) is 0 Å². The molecule has 0 amide bonds. The highest BCUT2D eigenvalue weighted by atomic mass is 15.2. The number of unbranched alkanes of at least 4 members (excludes halogenated alkanes) is 1. The molecular formula is C19H34N4. The average molecular weight is 319 g/mol. The highest BCUT2D eigenvalue weighted by Gasteiger charge is 2.23. The molecule has 1 aliphatic carbocycles. The van der Waals surface area contributed by atoms with E-state index in [1.807, 2.05) is 0 Å². The Labute approximate surface area is 141 Å². The Hall–Kier alpha value is -0.870. The molecule has 1 aliphatic heterocycles. The van der Waals surface area contributed by atoms with Crippen LogP contribution in [0.2, 0.25) is 0 Å². The van der Waals surface area contributed by atoms with Crippen molar-refractivity contribution in [3.63, 3.8) is 0 Å². The fourth-order valence-corrected chi connectivity index (χ4v) is 4.16. The number of nitrogens with zero attached hydrogens (tertiary/aromatic N) is 3. The number of aromatic amines is 1. The van der Waals surface area contributed by atoms with E-state index >= 15 is 0 Å². The molecule has 0 atom stereocenters. The minimum absolute atomic E-state index is 0.872. The standard InChI is InChI=1S/C19H34N4/c1-2-3-10-19-20-15-17(21-19)16-22-11-7-12-23(14-13-22)18-8-5-4-6-9-18/h15,18H,2-14,16H2,1H3,(H,20,21). The van der Waals surface area contributed by atoms with Crippen molar-refractivity contribution < 1.29 is 0 Å². The maximum Gasteiger partial charge on any atom is 0.106 e. The minimum atomic E-state index is 0.872. The van der Waals surface area contributed by atoms with E-state index in [2.05, 4.69) is 32.9 Å². The molecule has 23 heavy (non-hydrogen) atoms. The number of hydrogen-bond acceptors (Lipinski definition) is 3. The summed E-state index contributed by atoms with van der Waals surface area (Å²) in [6, 6.07) is 0.872. The third-order valence-corrected chi connectivity index (χ3v) is 5.56. The van der Waals surface area contributed by atoms with Gasteiger partial charge in [-0.1, -0.05) is 32.6 Å². The first kappa shape index (κ1) is 17.0. The van der Waals surface area contributed by atoms with Gasteiger partial charge in [0, 0.05) is 44.0 Å². The van der Waals surface area contributed by atoms with Gasteiger partial charge in [-0.25, -0.2) is 4.98 Å². The molecule has 3 rings (SSSR count). The number of rotatable bonds is 6. The van der Waals surface area contributed by atoms with Crippen LogP contribution >= 0.6 is 0 Å². The van der Waals surface area contributed by atoms with E-state index in [0.29, 0.717) is 0 Å². The zero-order valence-electron chi connectivity index (χ0n) is 14.9. The molecule has 0 bridgehead atoms. The van der Waals surface area contributed by atoms with E-state index in [1.165, 1.54) is 89.1 Å². The average Bonchev–Trinajstić information content (AvgIpc) is 2.90. The summed E-state index contributed by atoms with van der Waals surface area (Å²) >= 11 is 0. The van der Waals surface area contributed by atoms with Gasteiger partial charge in [0.1, 0.15) is 5.82 Å². The quantitative estimate of drug-likeness (QED) is 0.870. The number of aryl methyl sites for hydroxylation is 1. The normalized spacial score (nSPS) is 22.3. The van der Waals surface area contributed by atoms with E-state index in [9.17, 15) is 0 Å². The van der Waals surface area contributed by atoms with Crippen LogP contribution in [-0.4, -0.2) is 52.0 Å². The van der Waals surface area contributed by atoms with Crippen LogP contribution < -0.4 is 0 Å². The first-order valence-corrected chi connectivity index (χ1v) is 9.84. The van der Waals surface area contributed by atoms with Crippen molar-refractivity contribution in [3.05, 3.63) is 17.7 Å². The summed E-state index contributed by atoms with van der Waals surface area (Å²) in [5.74, 6) is 1.17. The van der Waals surface area contributed by atoms with E-state index in [4.69, 9.17) is 0 Å². The van der Waals surface area contributed by atoms with Gasteiger partial charge in [-0.2, -0.15) is 0 Å². The molecule has 1 saturated heterocycles. The predicted octanol–water partition coefficient (Wildman–Crippen LogP) is 3.59. The molecule has 1 aromatic rings. The van der Waals surface area contributed by atoms with Gasteiger partial charge in [-0.3, -0.25) is 9.80 Å². The number of aromatic nitrogens is 2. The van der Waals surface area contributed by atoms with E-state index in [0.717, 1.165) is 19.0 Å². The Kier molecular flexibility index (Phi) is 6.52. The Morgan fingerprint density at radius 3 is 2.78 bits per heavy atom. The van der Waals surface area contributed by atoms with Crippen LogP contribution in [-0.2, 0) is 13.0 Å². The molecule has 1 aromatic heterocycles. The second-order valence-corrected chi connectivity index (χ2v) is 7.42. The summed E-state index contributed by atoms with van der Waals surface area (Å²) in [6.07, 6.45) is 14.1. The molecule has 0 aromatic carbocycles. The van der Waals surface area contributed by atoms with Crippen molar-refractivity contribution >= 4 is 0 Å². The maximum absolute atomic E-state index is 4.54. The molecule has 2 aliphatic rings. The van der Waals surface area contributed by atoms with Gasteiger partial charge in [0.25, 0.3) is 0 Å². The zero-order chi connectivity index (χ0) is 15.9. The van der Waals surface area contributed by atoms with Gasteiger partial charge in [0.05, 0.1) is 0 Å². The lowest BCUT2D eigenvalue weighted by molar-refractivity contribution is 0.158. The summed E-state index contributed by atoms with van der Waals surface area (Å²) in [5.41, 5.74) is 1.29. The number of H-pyrrole nitrogens is 1. The minimum Gasteiger partial charge on any atom is -0.345 e. The van der Waals surface area contributed by atoms with Gasteiger partial charge >= 0.3 is 0 Å². The molecule has 4 nitrogen and oxygen atoms in total. The molecule has 0 spiro atoms. The van der Waals surface area contributed by atoms with Crippen LogP contribution in [0.4, 0.5) is 0 Å². The van der Waals surface area contributed by atoms with Crippen molar-refractivity contribution in [1.29, 1.82) is 0 Å². The molecule has 130 valence electrons. The van der Waals surface area contributed by atoms with Crippen LogP contribution in [0.15, 0.2) is 6.20 Å². The monoisotopic (exact) mass is 318 g/mol. The predicted molar refractivity (Wildman–Crippen MR) is 95.5 cm³/mol. The topological polar surface area (TPSA) is 35.2 Å². The van der Waals surface area contributed by atoms with Crippen molar-refractivity contribution in [2.24, 2.45) is 0 Å². The summed E-state index contributed by atoms with van der Waals surface area (Å²) in [7, 11) is 0. The van der Waals surface area contributed by atoms with Gasteiger partial charge in [0.2, 0.25) is 0 Å². The first-order valence-electron chi connectivity index (χ1n) is 9.84.